The third-order valence-corrected chi connectivity index (χ3v) is 3.02. The third kappa shape index (κ3) is 6.76. The van der Waals surface area contributed by atoms with E-state index in [1.165, 1.54) is 0 Å². The molecule has 0 aliphatic heterocycles. The molecule has 116 valence electrons. The Morgan fingerprint density at radius 3 is 2.81 bits per heavy atom. The smallest absolute Gasteiger partial charge is 0.319 e. The van der Waals surface area contributed by atoms with E-state index in [0.29, 0.717) is 31.7 Å². The van der Waals surface area contributed by atoms with Gasteiger partial charge in [0, 0.05) is 19.3 Å². The van der Waals surface area contributed by atoms with Gasteiger partial charge in [0.2, 0.25) is 0 Å². The highest BCUT2D eigenvalue weighted by molar-refractivity contribution is 5.89. The van der Waals surface area contributed by atoms with Crippen molar-refractivity contribution in [2.75, 3.05) is 19.0 Å². The summed E-state index contributed by atoms with van der Waals surface area (Å²) in [4.78, 5) is 22.3. The van der Waals surface area contributed by atoms with Crippen molar-refractivity contribution < 1.29 is 19.4 Å². The van der Waals surface area contributed by atoms with E-state index in [9.17, 15) is 9.59 Å². The predicted molar refractivity (Wildman–Crippen MR) is 80.2 cm³/mol. The molecule has 1 atom stereocenters. The summed E-state index contributed by atoms with van der Waals surface area (Å²) in [6.45, 7) is 2.59. The first-order valence-electron chi connectivity index (χ1n) is 6.88. The second-order valence-corrected chi connectivity index (χ2v) is 4.90. The molecule has 0 heterocycles. The highest BCUT2D eigenvalue weighted by Gasteiger charge is 2.10. The minimum atomic E-state index is -0.811. The zero-order chi connectivity index (χ0) is 15.7. The van der Waals surface area contributed by atoms with Gasteiger partial charge in [-0.15, -0.1) is 0 Å². The molecule has 1 aromatic rings. The Kier molecular flexibility index (Phi) is 7.25. The van der Waals surface area contributed by atoms with Gasteiger partial charge >= 0.3 is 12.0 Å². The van der Waals surface area contributed by atoms with Crippen molar-refractivity contribution in [1.82, 2.24) is 5.32 Å². The number of urea groups is 1. The summed E-state index contributed by atoms with van der Waals surface area (Å²) in [7, 11) is 1.62. The van der Waals surface area contributed by atoms with Crippen LogP contribution in [0, 0.1) is 5.92 Å². The molecule has 0 aliphatic rings. The zero-order valence-electron chi connectivity index (χ0n) is 12.4. The average Bonchev–Trinajstić information content (AvgIpc) is 2.44. The van der Waals surface area contributed by atoms with Crippen molar-refractivity contribution in [2.24, 2.45) is 5.92 Å². The number of carbonyl (C=O) groups excluding carboxylic acids is 1. The molecule has 6 heteroatoms. The normalized spacial score (nSPS) is 11.7. The molecule has 0 spiro atoms. The van der Waals surface area contributed by atoms with Crippen LogP contribution in [0.1, 0.15) is 25.3 Å². The lowest BCUT2D eigenvalue weighted by Gasteiger charge is -2.10. The second kappa shape index (κ2) is 8.97. The van der Waals surface area contributed by atoms with Crippen LogP contribution in [-0.4, -0.2) is 30.8 Å². The van der Waals surface area contributed by atoms with Crippen LogP contribution in [-0.2, 0) is 16.1 Å². The number of carboxylic acid groups (broad SMARTS) is 1. The van der Waals surface area contributed by atoms with Crippen molar-refractivity contribution in [1.29, 1.82) is 0 Å². The number of carboxylic acids is 1. The largest absolute Gasteiger partial charge is 0.481 e. The van der Waals surface area contributed by atoms with Gasteiger partial charge in [-0.2, -0.15) is 0 Å². The van der Waals surface area contributed by atoms with Crippen LogP contribution in [0.15, 0.2) is 24.3 Å². The number of methoxy groups -OCH3 is 1. The van der Waals surface area contributed by atoms with Gasteiger partial charge in [0.05, 0.1) is 12.5 Å². The first-order valence-corrected chi connectivity index (χ1v) is 6.88. The second-order valence-electron chi connectivity index (χ2n) is 4.90. The molecule has 2 amide bonds. The van der Waals surface area contributed by atoms with Crippen molar-refractivity contribution >= 4 is 17.7 Å². The summed E-state index contributed by atoms with van der Waals surface area (Å²) in [6.07, 6.45) is 1.17. The van der Waals surface area contributed by atoms with Gasteiger partial charge in [-0.25, -0.2) is 4.79 Å². The highest BCUT2D eigenvalue weighted by atomic mass is 16.5. The number of amides is 2. The Labute approximate surface area is 124 Å². The number of aliphatic carboxylic acids is 1. The van der Waals surface area contributed by atoms with Crippen LogP contribution >= 0.6 is 0 Å². The summed E-state index contributed by atoms with van der Waals surface area (Å²) in [6, 6.07) is 7.10. The summed E-state index contributed by atoms with van der Waals surface area (Å²) >= 11 is 0. The Morgan fingerprint density at radius 1 is 1.38 bits per heavy atom. The number of ether oxygens (including phenoxy) is 1. The van der Waals surface area contributed by atoms with E-state index in [1.54, 1.807) is 20.1 Å². The summed E-state index contributed by atoms with van der Waals surface area (Å²) in [5.74, 6) is -1.20. The van der Waals surface area contributed by atoms with Gasteiger partial charge in [-0.3, -0.25) is 4.79 Å². The SMILES string of the molecule is COCc1cccc(NC(=O)NCCCC(C)C(=O)O)c1. The monoisotopic (exact) mass is 294 g/mol. The highest BCUT2D eigenvalue weighted by Crippen LogP contribution is 2.11. The lowest BCUT2D eigenvalue weighted by molar-refractivity contribution is -0.141. The van der Waals surface area contributed by atoms with E-state index in [0.717, 1.165) is 5.56 Å². The summed E-state index contributed by atoms with van der Waals surface area (Å²) in [5, 5.41) is 14.2. The van der Waals surface area contributed by atoms with Crippen LogP contribution in [0.4, 0.5) is 10.5 Å². The van der Waals surface area contributed by atoms with Gasteiger partial charge < -0.3 is 20.5 Å². The van der Waals surface area contributed by atoms with E-state index >= 15 is 0 Å². The zero-order valence-corrected chi connectivity index (χ0v) is 12.4. The van der Waals surface area contributed by atoms with Crippen molar-refractivity contribution in [2.45, 2.75) is 26.4 Å². The Hall–Kier alpha value is -2.08. The van der Waals surface area contributed by atoms with Gasteiger partial charge in [-0.1, -0.05) is 19.1 Å². The molecule has 0 bridgehead atoms. The van der Waals surface area contributed by atoms with E-state index < -0.39 is 5.97 Å². The first-order chi connectivity index (χ1) is 10.0. The molecule has 0 saturated heterocycles. The number of benzene rings is 1. The predicted octanol–water partition coefficient (Wildman–Crippen LogP) is 2.46. The molecule has 1 unspecified atom stereocenters. The minimum absolute atomic E-state index is 0.299. The standard InChI is InChI=1S/C15H22N2O4/c1-11(14(18)19)5-4-8-16-15(20)17-13-7-3-6-12(9-13)10-21-2/h3,6-7,9,11H,4-5,8,10H2,1-2H3,(H,18,19)(H2,16,17,20). The number of anilines is 1. The van der Waals surface area contributed by atoms with E-state index in [-0.39, 0.29) is 11.9 Å². The fourth-order valence-electron chi connectivity index (χ4n) is 1.81. The van der Waals surface area contributed by atoms with Crippen molar-refractivity contribution in [3.8, 4) is 0 Å². The van der Waals surface area contributed by atoms with Crippen LogP contribution in [0.5, 0.6) is 0 Å². The Bertz CT molecular complexity index is 476. The third-order valence-electron chi connectivity index (χ3n) is 3.02. The molecule has 0 saturated carbocycles. The number of hydrogen-bond acceptors (Lipinski definition) is 3. The van der Waals surface area contributed by atoms with Crippen molar-refractivity contribution in [3.63, 3.8) is 0 Å². The van der Waals surface area contributed by atoms with Gasteiger partial charge in [0.15, 0.2) is 0 Å². The average molecular weight is 294 g/mol. The molecule has 6 nitrogen and oxygen atoms in total. The lowest BCUT2D eigenvalue weighted by Crippen LogP contribution is -2.30. The topological polar surface area (TPSA) is 87.7 Å². The lowest BCUT2D eigenvalue weighted by atomic mass is 10.1. The molecule has 1 rings (SSSR count). The number of carbonyl (C=O) groups is 2. The first kappa shape index (κ1) is 17.0. The van der Waals surface area contributed by atoms with Crippen LogP contribution in [0.3, 0.4) is 0 Å². The van der Waals surface area contributed by atoms with E-state index in [4.69, 9.17) is 9.84 Å². The van der Waals surface area contributed by atoms with E-state index in [2.05, 4.69) is 10.6 Å². The molecule has 21 heavy (non-hydrogen) atoms. The van der Waals surface area contributed by atoms with Crippen LogP contribution < -0.4 is 10.6 Å². The maximum atomic E-state index is 11.7. The summed E-state index contributed by atoms with van der Waals surface area (Å²) < 4.78 is 5.03. The number of nitrogens with one attached hydrogen (secondary N) is 2. The van der Waals surface area contributed by atoms with Crippen molar-refractivity contribution in [3.05, 3.63) is 29.8 Å². The maximum absolute atomic E-state index is 11.7. The number of rotatable bonds is 8. The van der Waals surface area contributed by atoms with Gasteiger partial charge in [0.1, 0.15) is 0 Å². The fourth-order valence-corrected chi connectivity index (χ4v) is 1.81. The molecule has 0 radical (unpaired) electrons. The molecular formula is C15H22N2O4. The molecule has 1 aromatic carbocycles. The quantitative estimate of drug-likeness (QED) is 0.643. The van der Waals surface area contributed by atoms with Crippen LogP contribution in [0.25, 0.3) is 0 Å². The minimum Gasteiger partial charge on any atom is -0.481 e. The Balaban J connectivity index is 2.30. The van der Waals surface area contributed by atoms with Gasteiger partial charge in [-0.05, 0) is 30.5 Å². The maximum Gasteiger partial charge on any atom is 0.319 e. The summed E-state index contributed by atoms with van der Waals surface area (Å²) in [5.41, 5.74) is 1.67. The van der Waals surface area contributed by atoms with Gasteiger partial charge in [0.25, 0.3) is 0 Å². The van der Waals surface area contributed by atoms with Crippen LogP contribution in [0.2, 0.25) is 0 Å². The molecule has 0 aromatic heterocycles. The Morgan fingerprint density at radius 2 is 2.14 bits per heavy atom. The number of hydrogen-bond donors (Lipinski definition) is 3. The molecule has 0 aliphatic carbocycles. The molecule has 3 N–H and O–H groups in total. The molecular weight excluding hydrogens is 272 g/mol. The molecule has 0 fully saturated rings. The fraction of sp³-hybridized carbons (Fsp3) is 0.467. The van der Waals surface area contributed by atoms with E-state index in [1.807, 2.05) is 18.2 Å².